The Kier molecular flexibility index (Phi) is 4.39. The van der Waals surface area contributed by atoms with Gasteiger partial charge in [-0.15, -0.1) is 0 Å². The van der Waals surface area contributed by atoms with Crippen LogP contribution in [0, 0.1) is 0 Å². The van der Waals surface area contributed by atoms with Gasteiger partial charge in [0.15, 0.2) is 0 Å². The third-order valence-electron chi connectivity index (χ3n) is 5.03. The molecule has 3 nitrogen and oxygen atoms in total. The summed E-state index contributed by atoms with van der Waals surface area (Å²) in [7, 11) is 0. The molecule has 3 heteroatoms. The van der Waals surface area contributed by atoms with E-state index < -0.39 is 0 Å². The lowest BCUT2D eigenvalue weighted by atomic mass is 9.86. The molecule has 1 aromatic rings. The average molecular weight is 273 g/mol. The van der Waals surface area contributed by atoms with Crippen molar-refractivity contribution in [1.82, 2.24) is 9.80 Å². The number of rotatable bonds is 3. The SMILES string of the molecule is CC1CCN(C2CC(N)C2)CCN1Cc1ccccc1. The van der Waals surface area contributed by atoms with Crippen LogP contribution >= 0.6 is 0 Å². The molecular weight excluding hydrogens is 246 g/mol. The summed E-state index contributed by atoms with van der Waals surface area (Å²) in [5, 5.41) is 0. The zero-order valence-electron chi connectivity index (χ0n) is 12.5. The summed E-state index contributed by atoms with van der Waals surface area (Å²) >= 11 is 0. The van der Waals surface area contributed by atoms with Gasteiger partial charge in [-0.05, 0) is 38.3 Å². The van der Waals surface area contributed by atoms with Gasteiger partial charge in [-0.25, -0.2) is 0 Å². The number of hydrogen-bond acceptors (Lipinski definition) is 3. The number of benzene rings is 1. The molecule has 3 rings (SSSR count). The van der Waals surface area contributed by atoms with Crippen LogP contribution in [-0.2, 0) is 6.54 Å². The van der Waals surface area contributed by atoms with Crippen molar-refractivity contribution in [3.63, 3.8) is 0 Å². The van der Waals surface area contributed by atoms with Crippen molar-refractivity contribution in [3.8, 4) is 0 Å². The van der Waals surface area contributed by atoms with Crippen LogP contribution in [0.25, 0.3) is 0 Å². The molecule has 1 aliphatic carbocycles. The van der Waals surface area contributed by atoms with Crippen molar-refractivity contribution in [3.05, 3.63) is 35.9 Å². The minimum atomic E-state index is 0.459. The van der Waals surface area contributed by atoms with E-state index in [9.17, 15) is 0 Å². The summed E-state index contributed by atoms with van der Waals surface area (Å²) in [5.74, 6) is 0. The Morgan fingerprint density at radius 1 is 1.10 bits per heavy atom. The molecule has 0 radical (unpaired) electrons. The Bertz CT molecular complexity index is 414. The second-order valence-electron chi connectivity index (χ2n) is 6.52. The minimum absolute atomic E-state index is 0.459. The van der Waals surface area contributed by atoms with E-state index in [1.807, 2.05) is 0 Å². The van der Waals surface area contributed by atoms with Crippen molar-refractivity contribution in [2.75, 3.05) is 19.6 Å². The van der Waals surface area contributed by atoms with Gasteiger partial charge in [0, 0.05) is 37.8 Å². The van der Waals surface area contributed by atoms with E-state index in [0.29, 0.717) is 12.1 Å². The predicted octanol–water partition coefficient (Wildman–Crippen LogP) is 2.07. The van der Waals surface area contributed by atoms with Crippen LogP contribution in [0.1, 0.15) is 31.7 Å². The highest BCUT2D eigenvalue weighted by molar-refractivity contribution is 5.14. The fourth-order valence-electron chi connectivity index (χ4n) is 3.47. The highest BCUT2D eigenvalue weighted by Crippen LogP contribution is 2.26. The summed E-state index contributed by atoms with van der Waals surface area (Å²) < 4.78 is 0. The van der Waals surface area contributed by atoms with Crippen molar-refractivity contribution < 1.29 is 0 Å². The zero-order chi connectivity index (χ0) is 13.9. The van der Waals surface area contributed by atoms with Gasteiger partial charge >= 0.3 is 0 Å². The maximum absolute atomic E-state index is 5.93. The summed E-state index contributed by atoms with van der Waals surface area (Å²) in [4.78, 5) is 5.30. The molecule has 1 saturated heterocycles. The van der Waals surface area contributed by atoms with Crippen molar-refractivity contribution in [2.24, 2.45) is 5.73 Å². The Morgan fingerprint density at radius 3 is 2.55 bits per heavy atom. The highest BCUT2D eigenvalue weighted by Gasteiger charge is 2.33. The zero-order valence-corrected chi connectivity index (χ0v) is 12.5. The fraction of sp³-hybridized carbons (Fsp3) is 0.647. The topological polar surface area (TPSA) is 32.5 Å². The largest absolute Gasteiger partial charge is 0.328 e. The van der Waals surface area contributed by atoms with Crippen molar-refractivity contribution in [1.29, 1.82) is 0 Å². The van der Waals surface area contributed by atoms with Gasteiger partial charge in [-0.3, -0.25) is 9.80 Å². The van der Waals surface area contributed by atoms with E-state index in [1.165, 1.54) is 44.5 Å². The van der Waals surface area contributed by atoms with Crippen LogP contribution in [0.3, 0.4) is 0 Å². The van der Waals surface area contributed by atoms with E-state index in [2.05, 4.69) is 47.1 Å². The van der Waals surface area contributed by atoms with Gasteiger partial charge in [0.2, 0.25) is 0 Å². The summed E-state index contributed by atoms with van der Waals surface area (Å²) in [6.07, 6.45) is 3.68. The molecule has 1 atom stereocenters. The fourth-order valence-corrected chi connectivity index (χ4v) is 3.47. The van der Waals surface area contributed by atoms with Gasteiger partial charge in [-0.1, -0.05) is 30.3 Å². The molecule has 2 aliphatic rings. The molecule has 20 heavy (non-hydrogen) atoms. The van der Waals surface area contributed by atoms with Crippen LogP contribution in [0.15, 0.2) is 30.3 Å². The molecule has 1 aromatic carbocycles. The smallest absolute Gasteiger partial charge is 0.0237 e. The lowest BCUT2D eigenvalue weighted by Gasteiger charge is -2.41. The van der Waals surface area contributed by atoms with E-state index >= 15 is 0 Å². The van der Waals surface area contributed by atoms with Crippen LogP contribution in [0.5, 0.6) is 0 Å². The highest BCUT2D eigenvalue weighted by atomic mass is 15.3. The third kappa shape index (κ3) is 3.22. The molecule has 110 valence electrons. The first-order chi connectivity index (χ1) is 9.72. The van der Waals surface area contributed by atoms with E-state index in [1.54, 1.807) is 0 Å². The Labute approximate surface area is 122 Å². The molecular formula is C17H27N3. The lowest BCUT2D eigenvalue weighted by molar-refractivity contribution is 0.113. The second-order valence-corrected chi connectivity index (χ2v) is 6.52. The van der Waals surface area contributed by atoms with Gasteiger partial charge in [-0.2, -0.15) is 0 Å². The van der Waals surface area contributed by atoms with Crippen LogP contribution in [-0.4, -0.2) is 47.6 Å². The molecule has 1 unspecified atom stereocenters. The van der Waals surface area contributed by atoms with Gasteiger partial charge in [0.05, 0.1) is 0 Å². The van der Waals surface area contributed by atoms with Crippen molar-refractivity contribution in [2.45, 2.75) is 50.9 Å². The molecule has 2 fully saturated rings. The maximum Gasteiger partial charge on any atom is 0.0237 e. The normalized spacial score (nSPS) is 32.6. The van der Waals surface area contributed by atoms with Gasteiger partial charge in [0.1, 0.15) is 0 Å². The number of hydrogen-bond donors (Lipinski definition) is 1. The molecule has 1 saturated carbocycles. The molecule has 0 spiro atoms. The van der Waals surface area contributed by atoms with Crippen LogP contribution in [0.4, 0.5) is 0 Å². The van der Waals surface area contributed by atoms with Gasteiger partial charge in [0.25, 0.3) is 0 Å². The molecule has 2 N–H and O–H groups in total. The lowest BCUT2D eigenvalue weighted by Crippen LogP contribution is -2.51. The van der Waals surface area contributed by atoms with Crippen molar-refractivity contribution >= 4 is 0 Å². The van der Waals surface area contributed by atoms with E-state index in [4.69, 9.17) is 5.73 Å². The quantitative estimate of drug-likeness (QED) is 0.915. The first-order valence-electron chi connectivity index (χ1n) is 8.00. The minimum Gasteiger partial charge on any atom is -0.328 e. The standard InChI is InChI=1S/C17H27N3/c1-14-7-8-19(17-11-16(18)12-17)9-10-20(14)13-15-5-3-2-4-6-15/h2-6,14,16-17H,7-13,18H2,1H3. The number of nitrogens with two attached hydrogens (primary N) is 1. The molecule has 1 heterocycles. The van der Waals surface area contributed by atoms with Gasteiger partial charge < -0.3 is 5.73 Å². The maximum atomic E-state index is 5.93. The van der Waals surface area contributed by atoms with E-state index in [0.717, 1.165) is 12.6 Å². The second kappa shape index (κ2) is 6.25. The van der Waals surface area contributed by atoms with Crippen LogP contribution in [0.2, 0.25) is 0 Å². The monoisotopic (exact) mass is 273 g/mol. The molecule has 0 aromatic heterocycles. The Morgan fingerprint density at radius 2 is 1.85 bits per heavy atom. The average Bonchev–Trinajstić information content (AvgIpc) is 2.60. The Balaban J connectivity index is 1.57. The summed E-state index contributed by atoms with van der Waals surface area (Å²) in [6, 6.07) is 12.7. The number of nitrogens with zero attached hydrogens (tertiary/aromatic N) is 2. The van der Waals surface area contributed by atoms with Crippen LogP contribution < -0.4 is 5.73 Å². The first kappa shape index (κ1) is 14.1. The van der Waals surface area contributed by atoms with E-state index in [-0.39, 0.29) is 0 Å². The third-order valence-corrected chi connectivity index (χ3v) is 5.03. The predicted molar refractivity (Wildman–Crippen MR) is 83.5 cm³/mol. The first-order valence-corrected chi connectivity index (χ1v) is 8.00. The molecule has 0 amide bonds. The summed E-state index contributed by atoms with van der Waals surface area (Å²) in [6.45, 7) is 7.08. The molecule has 1 aliphatic heterocycles. The Hall–Kier alpha value is -0.900. The summed E-state index contributed by atoms with van der Waals surface area (Å²) in [5.41, 5.74) is 7.36. The molecule has 0 bridgehead atoms.